The predicted octanol–water partition coefficient (Wildman–Crippen LogP) is 1.17. The van der Waals surface area contributed by atoms with Crippen LogP contribution >= 0.6 is 0 Å². The molecular formula is C10H11N3O4. The van der Waals surface area contributed by atoms with Gasteiger partial charge in [0.2, 0.25) is 11.6 Å². The number of nitrogens with zero attached hydrogens (tertiary/aromatic N) is 3. The molecule has 2 aromatic rings. The summed E-state index contributed by atoms with van der Waals surface area (Å²) in [4.78, 5) is 14.8. The van der Waals surface area contributed by atoms with Gasteiger partial charge in [-0.3, -0.25) is 4.68 Å². The number of oxazole rings is 1. The van der Waals surface area contributed by atoms with E-state index >= 15 is 0 Å². The van der Waals surface area contributed by atoms with E-state index in [1.165, 1.54) is 6.20 Å². The first-order valence-electron chi connectivity index (χ1n) is 4.97. The maximum atomic E-state index is 10.9. The number of carbonyl (C=O) groups is 1. The zero-order valence-electron chi connectivity index (χ0n) is 9.38. The summed E-state index contributed by atoms with van der Waals surface area (Å²) in [6.07, 6.45) is 3.21. The molecule has 0 radical (unpaired) electrons. The zero-order valence-corrected chi connectivity index (χ0v) is 9.38. The fraction of sp³-hybridized carbons (Fsp3) is 0.300. The molecular weight excluding hydrogens is 226 g/mol. The number of rotatable bonds is 4. The molecule has 0 aliphatic heterocycles. The molecule has 0 bridgehead atoms. The summed E-state index contributed by atoms with van der Waals surface area (Å²) in [5, 5.41) is 12.9. The standard InChI is InChI=1S/C10H11N3O4/c1-3-16-10-7(9(14)15)12-8(17-10)6-4-11-13(2)5-6/h4-5H,3H2,1-2H3,(H,14,15). The molecule has 0 spiro atoms. The number of hydrogen-bond donors (Lipinski definition) is 1. The minimum Gasteiger partial charge on any atom is -0.476 e. The Morgan fingerprint density at radius 1 is 1.65 bits per heavy atom. The van der Waals surface area contributed by atoms with Crippen molar-refractivity contribution in [2.75, 3.05) is 6.61 Å². The van der Waals surface area contributed by atoms with E-state index in [0.717, 1.165) is 0 Å². The number of hydrogen-bond acceptors (Lipinski definition) is 5. The van der Waals surface area contributed by atoms with Crippen molar-refractivity contribution in [2.24, 2.45) is 7.05 Å². The van der Waals surface area contributed by atoms with Gasteiger partial charge in [0.1, 0.15) is 0 Å². The van der Waals surface area contributed by atoms with Crippen molar-refractivity contribution in [1.82, 2.24) is 14.8 Å². The molecule has 2 rings (SSSR count). The Morgan fingerprint density at radius 2 is 2.41 bits per heavy atom. The van der Waals surface area contributed by atoms with E-state index in [4.69, 9.17) is 14.3 Å². The predicted molar refractivity (Wildman–Crippen MR) is 56.8 cm³/mol. The SMILES string of the molecule is CCOc1oc(-c2cnn(C)c2)nc1C(=O)O. The third kappa shape index (κ3) is 2.12. The summed E-state index contributed by atoms with van der Waals surface area (Å²) in [5.41, 5.74) is 0.367. The maximum absolute atomic E-state index is 10.9. The van der Waals surface area contributed by atoms with E-state index < -0.39 is 5.97 Å². The van der Waals surface area contributed by atoms with Gasteiger partial charge in [0, 0.05) is 13.2 Å². The second-order valence-corrected chi connectivity index (χ2v) is 3.30. The van der Waals surface area contributed by atoms with E-state index in [1.54, 1.807) is 24.9 Å². The molecule has 0 aliphatic rings. The van der Waals surface area contributed by atoms with Gasteiger partial charge < -0.3 is 14.3 Å². The molecule has 7 heteroatoms. The molecule has 7 nitrogen and oxygen atoms in total. The van der Waals surface area contributed by atoms with Crippen LogP contribution in [0.1, 0.15) is 17.4 Å². The number of carboxylic acid groups (broad SMARTS) is 1. The molecule has 2 heterocycles. The average Bonchev–Trinajstić information content (AvgIpc) is 2.85. The maximum Gasteiger partial charge on any atom is 0.362 e. The van der Waals surface area contributed by atoms with Crippen LogP contribution in [-0.4, -0.2) is 32.4 Å². The molecule has 0 saturated carbocycles. The average molecular weight is 237 g/mol. The van der Waals surface area contributed by atoms with Crippen molar-refractivity contribution in [3.05, 3.63) is 18.1 Å². The molecule has 0 amide bonds. The van der Waals surface area contributed by atoms with E-state index in [0.29, 0.717) is 12.2 Å². The minimum absolute atomic E-state index is 0.0844. The first kappa shape index (κ1) is 11.2. The molecule has 0 aromatic carbocycles. The minimum atomic E-state index is -1.19. The third-order valence-electron chi connectivity index (χ3n) is 2.03. The van der Waals surface area contributed by atoms with Crippen molar-refractivity contribution in [3.8, 4) is 17.4 Å². The largest absolute Gasteiger partial charge is 0.476 e. The molecule has 0 unspecified atom stereocenters. The molecule has 17 heavy (non-hydrogen) atoms. The summed E-state index contributed by atoms with van der Waals surface area (Å²) in [7, 11) is 1.74. The first-order chi connectivity index (χ1) is 8.11. The van der Waals surface area contributed by atoms with Gasteiger partial charge in [0.25, 0.3) is 0 Å². The summed E-state index contributed by atoms with van der Waals surface area (Å²) in [6, 6.07) is 0. The van der Waals surface area contributed by atoms with Crippen LogP contribution in [0.2, 0.25) is 0 Å². The Morgan fingerprint density at radius 3 is 2.94 bits per heavy atom. The summed E-state index contributed by atoms with van der Waals surface area (Å²) < 4.78 is 11.9. The number of ether oxygens (including phenoxy) is 1. The van der Waals surface area contributed by atoms with Crippen LogP contribution in [0, 0.1) is 0 Å². The Kier molecular flexibility index (Phi) is 2.82. The van der Waals surface area contributed by atoms with Gasteiger partial charge in [-0.1, -0.05) is 0 Å². The van der Waals surface area contributed by atoms with E-state index in [-0.39, 0.29) is 17.5 Å². The zero-order chi connectivity index (χ0) is 12.4. The van der Waals surface area contributed by atoms with Gasteiger partial charge >= 0.3 is 11.9 Å². The Bertz CT molecular complexity index is 543. The highest BCUT2D eigenvalue weighted by molar-refractivity contribution is 5.88. The van der Waals surface area contributed by atoms with Gasteiger partial charge in [-0.05, 0) is 6.92 Å². The van der Waals surface area contributed by atoms with Crippen LogP contribution in [-0.2, 0) is 7.05 Å². The van der Waals surface area contributed by atoms with E-state index in [1.807, 2.05) is 0 Å². The highest BCUT2D eigenvalue weighted by atomic mass is 16.6. The number of carboxylic acids is 1. The number of aromatic carboxylic acids is 1. The second-order valence-electron chi connectivity index (χ2n) is 3.30. The molecule has 0 fully saturated rings. The van der Waals surface area contributed by atoms with Gasteiger partial charge in [-0.15, -0.1) is 0 Å². The highest BCUT2D eigenvalue weighted by Crippen LogP contribution is 2.27. The van der Waals surface area contributed by atoms with Crippen LogP contribution in [0.15, 0.2) is 16.8 Å². The van der Waals surface area contributed by atoms with Gasteiger partial charge in [-0.2, -0.15) is 10.1 Å². The molecule has 1 N–H and O–H groups in total. The summed E-state index contributed by atoms with van der Waals surface area (Å²) in [5.74, 6) is -1.09. The lowest BCUT2D eigenvalue weighted by Crippen LogP contribution is -2.01. The molecule has 0 atom stereocenters. The van der Waals surface area contributed by atoms with Crippen LogP contribution < -0.4 is 4.74 Å². The molecule has 90 valence electrons. The normalized spacial score (nSPS) is 10.5. The van der Waals surface area contributed by atoms with Crippen LogP contribution in [0.3, 0.4) is 0 Å². The van der Waals surface area contributed by atoms with Crippen LogP contribution in [0.4, 0.5) is 0 Å². The topological polar surface area (TPSA) is 90.4 Å². The van der Waals surface area contributed by atoms with Gasteiger partial charge in [0.15, 0.2) is 0 Å². The third-order valence-corrected chi connectivity index (χ3v) is 2.03. The van der Waals surface area contributed by atoms with Gasteiger partial charge in [-0.25, -0.2) is 4.79 Å². The molecule has 0 aliphatic carbocycles. The fourth-order valence-corrected chi connectivity index (χ4v) is 1.33. The van der Waals surface area contributed by atoms with Crippen molar-refractivity contribution >= 4 is 5.97 Å². The Labute approximate surface area is 96.6 Å². The van der Waals surface area contributed by atoms with Crippen molar-refractivity contribution in [2.45, 2.75) is 6.92 Å². The van der Waals surface area contributed by atoms with Crippen molar-refractivity contribution in [1.29, 1.82) is 0 Å². The molecule has 2 aromatic heterocycles. The lowest BCUT2D eigenvalue weighted by atomic mass is 10.4. The Hall–Kier alpha value is -2.31. The van der Waals surface area contributed by atoms with Crippen LogP contribution in [0.5, 0.6) is 5.95 Å². The number of aryl methyl sites for hydroxylation is 1. The lowest BCUT2D eigenvalue weighted by molar-refractivity contribution is 0.0683. The summed E-state index contributed by atoms with van der Waals surface area (Å²) in [6.45, 7) is 2.04. The molecule has 0 saturated heterocycles. The smallest absolute Gasteiger partial charge is 0.362 e. The fourth-order valence-electron chi connectivity index (χ4n) is 1.33. The monoisotopic (exact) mass is 237 g/mol. The quantitative estimate of drug-likeness (QED) is 0.858. The first-order valence-corrected chi connectivity index (χ1v) is 4.97. The summed E-state index contributed by atoms with van der Waals surface area (Å²) >= 11 is 0. The Balaban J connectivity index is 2.43. The number of aromatic nitrogens is 3. The van der Waals surface area contributed by atoms with Crippen molar-refractivity contribution < 1.29 is 19.1 Å². The van der Waals surface area contributed by atoms with Crippen molar-refractivity contribution in [3.63, 3.8) is 0 Å². The lowest BCUT2D eigenvalue weighted by Gasteiger charge is -1.96. The highest BCUT2D eigenvalue weighted by Gasteiger charge is 2.22. The van der Waals surface area contributed by atoms with Crippen LogP contribution in [0.25, 0.3) is 11.5 Å². The van der Waals surface area contributed by atoms with E-state index in [2.05, 4.69) is 10.1 Å². The van der Waals surface area contributed by atoms with Gasteiger partial charge in [0.05, 0.1) is 18.4 Å². The van der Waals surface area contributed by atoms with E-state index in [9.17, 15) is 4.79 Å². The second kappa shape index (κ2) is 4.28.